The van der Waals surface area contributed by atoms with Crippen LogP contribution < -0.4 is 11.5 Å². The molecule has 5 N–H and O–H groups in total. The summed E-state index contributed by atoms with van der Waals surface area (Å²) in [6, 6.07) is -0.705. The number of rotatable bonds is 2. The van der Waals surface area contributed by atoms with E-state index in [9.17, 15) is 14.7 Å². The Hall–Kier alpha value is -1.14. The molecule has 6 nitrogen and oxygen atoms in total. The van der Waals surface area contributed by atoms with Crippen LogP contribution in [-0.2, 0) is 9.59 Å². The van der Waals surface area contributed by atoms with E-state index in [0.29, 0.717) is 12.8 Å². The number of primary amides is 1. The second-order valence-electron chi connectivity index (χ2n) is 4.77. The Morgan fingerprint density at radius 3 is 2.44 bits per heavy atom. The number of hydrogen-bond donors (Lipinski definition) is 3. The highest BCUT2D eigenvalue weighted by atomic mass is 16.3. The number of β-amino-alcohol motifs (C(OH)–C–C–N with tert-alkyl or cyclic N) is 1. The van der Waals surface area contributed by atoms with Gasteiger partial charge in [0.15, 0.2) is 0 Å². The summed E-state index contributed by atoms with van der Waals surface area (Å²) in [5.74, 6) is -0.827. The number of aliphatic hydroxyl groups excluding tert-OH is 1. The molecule has 2 rings (SSSR count). The van der Waals surface area contributed by atoms with E-state index in [0.717, 1.165) is 6.42 Å². The monoisotopic (exact) mass is 227 g/mol. The maximum atomic E-state index is 12.1. The van der Waals surface area contributed by atoms with E-state index in [1.807, 2.05) is 0 Å². The quantitative estimate of drug-likeness (QED) is 0.523. The molecule has 16 heavy (non-hydrogen) atoms. The third-order valence-corrected chi connectivity index (χ3v) is 3.54. The third kappa shape index (κ3) is 1.68. The van der Waals surface area contributed by atoms with Crippen molar-refractivity contribution in [1.82, 2.24) is 4.90 Å². The molecule has 2 fully saturated rings. The smallest absolute Gasteiger partial charge is 0.243 e. The molecule has 1 saturated heterocycles. The molecule has 1 aliphatic heterocycles. The van der Waals surface area contributed by atoms with Gasteiger partial charge in [-0.3, -0.25) is 9.59 Å². The third-order valence-electron chi connectivity index (χ3n) is 3.54. The van der Waals surface area contributed by atoms with Crippen LogP contribution in [0.5, 0.6) is 0 Å². The van der Waals surface area contributed by atoms with Crippen molar-refractivity contribution in [3.63, 3.8) is 0 Å². The predicted octanol–water partition coefficient (Wildman–Crippen LogP) is -1.69. The van der Waals surface area contributed by atoms with Crippen LogP contribution in [0.3, 0.4) is 0 Å². The zero-order chi connectivity index (χ0) is 11.9. The number of nitrogens with two attached hydrogens (primary N) is 2. The summed E-state index contributed by atoms with van der Waals surface area (Å²) >= 11 is 0. The van der Waals surface area contributed by atoms with E-state index in [1.54, 1.807) is 0 Å². The van der Waals surface area contributed by atoms with Crippen LogP contribution >= 0.6 is 0 Å². The predicted molar refractivity (Wildman–Crippen MR) is 56.1 cm³/mol. The molecule has 1 heterocycles. The van der Waals surface area contributed by atoms with Crippen LogP contribution in [0.1, 0.15) is 25.7 Å². The van der Waals surface area contributed by atoms with E-state index >= 15 is 0 Å². The first kappa shape index (κ1) is 11.3. The summed E-state index contributed by atoms with van der Waals surface area (Å²) in [7, 11) is 0. The molecule has 1 saturated carbocycles. The Morgan fingerprint density at radius 2 is 2.00 bits per heavy atom. The lowest BCUT2D eigenvalue weighted by molar-refractivity contribution is -0.144. The van der Waals surface area contributed by atoms with Gasteiger partial charge in [-0.15, -0.1) is 0 Å². The van der Waals surface area contributed by atoms with Gasteiger partial charge in [0.05, 0.1) is 11.6 Å². The van der Waals surface area contributed by atoms with Crippen molar-refractivity contribution in [3.05, 3.63) is 0 Å². The Morgan fingerprint density at radius 1 is 1.38 bits per heavy atom. The Labute approximate surface area is 93.6 Å². The minimum Gasteiger partial charge on any atom is -0.391 e. The fourth-order valence-electron chi connectivity index (χ4n) is 2.37. The molecule has 0 aromatic carbocycles. The second kappa shape index (κ2) is 3.71. The zero-order valence-electron chi connectivity index (χ0n) is 9.06. The normalized spacial score (nSPS) is 32.2. The standard InChI is InChI=1S/C10H17N3O3/c11-8(15)7-4-6(14)5-13(7)9(16)10(12)2-1-3-10/h6-7,14H,1-5,12H2,(H2,11,15). The molecule has 90 valence electrons. The molecular weight excluding hydrogens is 210 g/mol. The van der Waals surface area contributed by atoms with Crippen molar-refractivity contribution in [1.29, 1.82) is 0 Å². The molecule has 2 amide bonds. The van der Waals surface area contributed by atoms with E-state index in [1.165, 1.54) is 4.90 Å². The molecular formula is C10H17N3O3. The van der Waals surface area contributed by atoms with Crippen molar-refractivity contribution < 1.29 is 14.7 Å². The molecule has 6 heteroatoms. The van der Waals surface area contributed by atoms with Gasteiger partial charge in [0.25, 0.3) is 0 Å². The first-order valence-electron chi connectivity index (χ1n) is 5.51. The van der Waals surface area contributed by atoms with Gasteiger partial charge < -0.3 is 21.5 Å². The van der Waals surface area contributed by atoms with Gasteiger partial charge in [0, 0.05) is 13.0 Å². The van der Waals surface area contributed by atoms with Gasteiger partial charge in [-0.2, -0.15) is 0 Å². The molecule has 2 atom stereocenters. The summed E-state index contributed by atoms with van der Waals surface area (Å²) in [4.78, 5) is 24.6. The van der Waals surface area contributed by atoms with Crippen LogP contribution in [0.4, 0.5) is 0 Å². The lowest BCUT2D eigenvalue weighted by Crippen LogP contribution is -2.61. The largest absolute Gasteiger partial charge is 0.391 e. The summed E-state index contributed by atoms with van der Waals surface area (Å²) in [6.45, 7) is 0.158. The lowest BCUT2D eigenvalue weighted by Gasteiger charge is -2.40. The van der Waals surface area contributed by atoms with Gasteiger partial charge in [0.2, 0.25) is 11.8 Å². The molecule has 0 aromatic rings. The highest BCUT2D eigenvalue weighted by Crippen LogP contribution is 2.33. The Kier molecular flexibility index (Phi) is 2.63. The van der Waals surface area contributed by atoms with Crippen molar-refractivity contribution in [2.45, 2.75) is 43.4 Å². The summed E-state index contributed by atoms with van der Waals surface area (Å²) in [5.41, 5.74) is 10.3. The average molecular weight is 227 g/mol. The number of carbonyl (C=O) groups is 2. The number of likely N-dealkylation sites (tertiary alicyclic amines) is 1. The molecule has 0 radical (unpaired) electrons. The first-order valence-corrected chi connectivity index (χ1v) is 5.51. The minimum absolute atomic E-state index is 0.158. The van der Waals surface area contributed by atoms with E-state index in [2.05, 4.69) is 0 Å². The van der Waals surface area contributed by atoms with Crippen molar-refractivity contribution in [2.75, 3.05) is 6.54 Å². The maximum Gasteiger partial charge on any atom is 0.243 e. The SMILES string of the molecule is NC(=O)C1CC(O)CN1C(=O)C1(N)CCC1. The summed E-state index contributed by atoms with van der Waals surface area (Å²) in [6.07, 6.45) is 1.76. The highest BCUT2D eigenvalue weighted by Gasteiger charge is 2.48. The Balaban J connectivity index is 2.13. The highest BCUT2D eigenvalue weighted by molar-refractivity contribution is 5.92. The Bertz CT molecular complexity index is 327. The second-order valence-corrected chi connectivity index (χ2v) is 4.77. The average Bonchev–Trinajstić information content (AvgIpc) is 2.55. The van der Waals surface area contributed by atoms with Crippen molar-refractivity contribution in [3.8, 4) is 0 Å². The maximum absolute atomic E-state index is 12.1. The summed E-state index contributed by atoms with van der Waals surface area (Å²) in [5, 5.41) is 9.48. The minimum atomic E-state index is -0.836. The number of amides is 2. The van der Waals surface area contributed by atoms with Crippen LogP contribution in [0.25, 0.3) is 0 Å². The van der Waals surface area contributed by atoms with Gasteiger partial charge in [0.1, 0.15) is 6.04 Å². The van der Waals surface area contributed by atoms with Gasteiger partial charge in [-0.1, -0.05) is 0 Å². The van der Waals surface area contributed by atoms with E-state index in [4.69, 9.17) is 11.5 Å². The first-order chi connectivity index (χ1) is 7.44. The molecule has 0 spiro atoms. The van der Waals surface area contributed by atoms with Gasteiger partial charge in [-0.25, -0.2) is 0 Å². The zero-order valence-corrected chi connectivity index (χ0v) is 9.06. The number of carbonyl (C=O) groups excluding carboxylic acids is 2. The van der Waals surface area contributed by atoms with Gasteiger partial charge in [-0.05, 0) is 19.3 Å². The van der Waals surface area contributed by atoms with E-state index < -0.39 is 23.6 Å². The van der Waals surface area contributed by atoms with E-state index in [-0.39, 0.29) is 18.9 Å². The topological polar surface area (TPSA) is 110 Å². The molecule has 2 unspecified atom stereocenters. The number of hydrogen-bond acceptors (Lipinski definition) is 4. The lowest BCUT2D eigenvalue weighted by atomic mass is 9.76. The number of nitrogens with zero attached hydrogens (tertiary/aromatic N) is 1. The van der Waals surface area contributed by atoms with Crippen LogP contribution in [0.15, 0.2) is 0 Å². The van der Waals surface area contributed by atoms with Crippen molar-refractivity contribution in [2.24, 2.45) is 11.5 Å². The van der Waals surface area contributed by atoms with Crippen molar-refractivity contribution >= 4 is 11.8 Å². The van der Waals surface area contributed by atoms with Crippen LogP contribution in [-0.4, -0.2) is 46.1 Å². The van der Waals surface area contributed by atoms with Gasteiger partial charge >= 0.3 is 0 Å². The number of aliphatic hydroxyl groups is 1. The van der Waals surface area contributed by atoms with Crippen LogP contribution in [0.2, 0.25) is 0 Å². The fraction of sp³-hybridized carbons (Fsp3) is 0.800. The van der Waals surface area contributed by atoms with Crippen LogP contribution in [0, 0.1) is 0 Å². The molecule has 1 aliphatic carbocycles. The molecule has 0 bridgehead atoms. The summed E-state index contributed by atoms with van der Waals surface area (Å²) < 4.78 is 0. The molecule has 0 aromatic heterocycles. The fourth-order valence-corrected chi connectivity index (χ4v) is 2.37. The molecule has 2 aliphatic rings.